The molecule has 0 aliphatic carbocycles. The lowest BCUT2D eigenvalue weighted by atomic mass is 10.2. The van der Waals surface area contributed by atoms with Crippen LogP contribution in [0.5, 0.6) is 0 Å². The van der Waals surface area contributed by atoms with Gasteiger partial charge >= 0.3 is 5.97 Å². The van der Waals surface area contributed by atoms with Gasteiger partial charge in [-0.25, -0.2) is 4.79 Å². The Bertz CT molecular complexity index is 360. The Balaban J connectivity index is 0.000000487. The number of carboxylic acids is 2. The highest BCUT2D eigenvalue weighted by Gasteiger charge is 2.06. The van der Waals surface area contributed by atoms with Crippen LogP contribution in [0, 0.1) is 10.1 Å². The first kappa shape index (κ1) is 13.6. The van der Waals surface area contributed by atoms with Crippen LogP contribution < -0.4 is 0 Å². The molecule has 0 amide bonds. The van der Waals surface area contributed by atoms with Gasteiger partial charge in [-0.2, -0.15) is 0 Å². The van der Waals surface area contributed by atoms with Crippen LogP contribution in [0.4, 0.5) is 5.69 Å². The van der Waals surface area contributed by atoms with Crippen molar-refractivity contribution in [1.82, 2.24) is 0 Å². The van der Waals surface area contributed by atoms with Gasteiger partial charge in [-0.1, -0.05) is 0 Å². The van der Waals surface area contributed by atoms with E-state index >= 15 is 0 Å². The number of rotatable bonds is 2. The van der Waals surface area contributed by atoms with E-state index in [1.807, 2.05) is 0 Å². The molecule has 1 aromatic carbocycles. The molecule has 1 rings (SSSR count). The summed E-state index contributed by atoms with van der Waals surface area (Å²) >= 11 is 0. The summed E-state index contributed by atoms with van der Waals surface area (Å²) in [6.07, 6.45) is 0. The van der Waals surface area contributed by atoms with E-state index in [2.05, 4.69) is 0 Å². The highest BCUT2D eigenvalue weighted by atomic mass is 16.6. The molecule has 86 valence electrons. The summed E-state index contributed by atoms with van der Waals surface area (Å²) in [6.45, 7) is 1.08. The topological polar surface area (TPSA) is 118 Å². The number of hydrogen-bond donors (Lipinski definition) is 2. The zero-order valence-electron chi connectivity index (χ0n) is 8.28. The second kappa shape index (κ2) is 6.12. The van der Waals surface area contributed by atoms with Gasteiger partial charge in [-0.3, -0.25) is 14.9 Å². The number of benzene rings is 1. The number of non-ortho nitro benzene ring substituents is 1. The Kier molecular flexibility index (Phi) is 5.19. The normalized spacial score (nSPS) is 8.56. The standard InChI is InChI=1S/C7H5NO4.C2H4O2/c9-7(10)5-1-3-6(4-2-5)8(11)12;1-2(3)4/h1-4H,(H,9,10);1H3,(H,3,4). The van der Waals surface area contributed by atoms with E-state index in [0.717, 1.165) is 19.1 Å². The largest absolute Gasteiger partial charge is 0.481 e. The second-order valence-corrected chi connectivity index (χ2v) is 2.63. The maximum absolute atomic E-state index is 10.3. The van der Waals surface area contributed by atoms with Crippen molar-refractivity contribution in [2.45, 2.75) is 6.92 Å². The van der Waals surface area contributed by atoms with E-state index in [9.17, 15) is 14.9 Å². The number of nitro groups is 1. The Morgan fingerprint density at radius 2 is 1.56 bits per heavy atom. The smallest absolute Gasteiger partial charge is 0.335 e. The van der Waals surface area contributed by atoms with Crippen molar-refractivity contribution in [3.63, 3.8) is 0 Å². The zero-order valence-corrected chi connectivity index (χ0v) is 8.28. The van der Waals surface area contributed by atoms with Crippen molar-refractivity contribution in [3.05, 3.63) is 39.9 Å². The van der Waals surface area contributed by atoms with Gasteiger partial charge in [0.05, 0.1) is 10.5 Å². The lowest BCUT2D eigenvalue weighted by molar-refractivity contribution is -0.384. The number of aromatic carboxylic acids is 1. The maximum atomic E-state index is 10.3. The molecule has 0 bridgehead atoms. The molecule has 0 saturated heterocycles. The van der Waals surface area contributed by atoms with Crippen molar-refractivity contribution >= 4 is 17.6 Å². The lowest BCUT2D eigenvalue weighted by Crippen LogP contribution is -1.96. The number of carboxylic acid groups (broad SMARTS) is 2. The molecule has 0 radical (unpaired) electrons. The highest BCUT2D eigenvalue weighted by molar-refractivity contribution is 5.87. The van der Waals surface area contributed by atoms with Crippen LogP contribution >= 0.6 is 0 Å². The van der Waals surface area contributed by atoms with E-state index in [0.29, 0.717) is 0 Å². The molecule has 0 saturated carbocycles. The molecule has 0 unspecified atom stereocenters. The predicted octanol–water partition coefficient (Wildman–Crippen LogP) is 1.38. The first-order valence-electron chi connectivity index (χ1n) is 4.02. The molecular formula is C9H9NO6. The number of nitrogens with zero attached hydrogens (tertiary/aromatic N) is 1. The lowest BCUT2D eigenvalue weighted by Gasteiger charge is -1.92. The molecule has 0 aliphatic heterocycles. The van der Waals surface area contributed by atoms with Gasteiger partial charge < -0.3 is 10.2 Å². The van der Waals surface area contributed by atoms with Gasteiger partial charge in [0.25, 0.3) is 11.7 Å². The van der Waals surface area contributed by atoms with Crippen LogP contribution in [-0.4, -0.2) is 27.1 Å². The summed E-state index contributed by atoms with van der Waals surface area (Å²) in [4.78, 5) is 28.9. The molecule has 7 heteroatoms. The average molecular weight is 227 g/mol. The van der Waals surface area contributed by atoms with Crippen LogP contribution in [0.25, 0.3) is 0 Å². The van der Waals surface area contributed by atoms with E-state index in [-0.39, 0.29) is 11.3 Å². The molecule has 0 heterocycles. The van der Waals surface area contributed by atoms with Crippen LogP contribution in [0.1, 0.15) is 17.3 Å². The molecule has 2 N–H and O–H groups in total. The van der Waals surface area contributed by atoms with Crippen molar-refractivity contribution in [1.29, 1.82) is 0 Å². The number of aliphatic carboxylic acids is 1. The summed E-state index contributed by atoms with van der Waals surface area (Å²) in [5.41, 5.74) is -0.0689. The molecular weight excluding hydrogens is 218 g/mol. The first-order valence-corrected chi connectivity index (χ1v) is 4.02. The number of nitro benzene ring substituents is 1. The molecule has 0 atom stereocenters. The van der Waals surface area contributed by atoms with E-state index in [4.69, 9.17) is 15.0 Å². The Labute approximate surface area is 90.1 Å². The fraction of sp³-hybridized carbons (Fsp3) is 0.111. The molecule has 0 aromatic heterocycles. The van der Waals surface area contributed by atoms with Gasteiger partial charge in [0, 0.05) is 19.1 Å². The summed E-state index contributed by atoms with van der Waals surface area (Å²) in [7, 11) is 0. The SMILES string of the molecule is CC(=O)O.O=C(O)c1ccc([N+](=O)[O-])cc1. The third-order valence-corrected chi connectivity index (χ3v) is 1.33. The minimum Gasteiger partial charge on any atom is -0.481 e. The zero-order chi connectivity index (χ0) is 12.7. The Morgan fingerprint density at radius 1 is 1.19 bits per heavy atom. The van der Waals surface area contributed by atoms with Crippen molar-refractivity contribution in [2.24, 2.45) is 0 Å². The van der Waals surface area contributed by atoms with Crippen molar-refractivity contribution in [2.75, 3.05) is 0 Å². The monoisotopic (exact) mass is 227 g/mol. The quantitative estimate of drug-likeness (QED) is 0.582. The van der Waals surface area contributed by atoms with Gasteiger partial charge in [-0.15, -0.1) is 0 Å². The Morgan fingerprint density at radius 3 is 1.81 bits per heavy atom. The van der Waals surface area contributed by atoms with Crippen LogP contribution in [-0.2, 0) is 4.79 Å². The Hall–Kier alpha value is -2.44. The van der Waals surface area contributed by atoms with Gasteiger partial charge in [0.15, 0.2) is 0 Å². The fourth-order valence-electron chi connectivity index (χ4n) is 0.726. The summed E-state index contributed by atoms with van der Waals surface area (Å²) in [5, 5.41) is 26.0. The van der Waals surface area contributed by atoms with Gasteiger partial charge in [-0.05, 0) is 12.1 Å². The fourth-order valence-corrected chi connectivity index (χ4v) is 0.726. The van der Waals surface area contributed by atoms with Crippen LogP contribution in [0.2, 0.25) is 0 Å². The third kappa shape index (κ3) is 5.32. The molecule has 16 heavy (non-hydrogen) atoms. The number of hydrogen-bond acceptors (Lipinski definition) is 4. The molecule has 0 aliphatic rings. The minimum atomic E-state index is -1.09. The van der Waals surface area contributed by atoms with Gasteiger partial charge in [0.2, 0.25) is 0 Å². The molecule has 0 spiro atoms. The van der Waals surface area contributed by atoms with Crippen LogP contribution in [0.3, 0.4) is 0 Å². The maximum Gasteiger partial charge on any atom is 0.335 e. The average Bonchev–Trinajstić information content (AvgIpc) is 2.17. The first-order chi connectivity index (χ1) is 7.34. The summed E-state index contributed by atoms with van der Waals surface area (Å²) < 4.78 is 0. The van der Waals surface area contributed by atoms with Crippen molar-refractivity contribution < 1.29 is 24.7 Å². The number of carbonyl (C=O) groups is 2. The predicted molar refractivity (Wildman–Crippen MR) is 53.4 cm³/mol. The molecule has 1 aromatic rings. The van der Waals surface area contributed by atoms with Crippen molar-refractivity contribution in [3.8, 4) is 0 Å². The summed E-state index contributed by atoms with van der Waals surface area (Å²) in [5.74, 6) is -1.93. The van der Waals surface area contributed by atoms with E-state index < -0.39 is 16.9 Å². The van der Waals surface area contributed by atoms with E-state index in [1.54, 1.807) is 0 Å². The molecule has 0 fully saturated rings. The highest BCUT2D eigenvalue weighted by Crippen LogP contribution is 2.11. The third-order valence-electron chi connectivity index (χ3n) is 1.33. The van der Waals surface area contributed by atoms with E-state index in [1.165, 1.54) is 12.1 Å². The second-order valence-electron chi connectivity index (χ2n) is 2.63. The van der Waals surface area contributed by atoms with Gasteiger partial charge in [0.1, 0.15) is 0 Å². The van der Waals surface area contributed by atoms with Crippen LogP contribution in [0.15, 0.2) is 24.3 Å². The minimum absolute atomic E-state index is 0.0422. The molecule has 7 nitrogen and oxygen atoms in total. The summed E-state index contributed by atoms with van der Waals surface area (Å²) in [6, 6.07) is 4.70.